The van der Waals surface area contributed by atoms with Crippen LogP contribution >= 0.6 is 0 Å². The zero-order chi connectivity index (χ0) is 17.7. The van der Waals surface area contributed by atoms with Crippen LogP contribution in [0, 0.1) is 12.8 Å². The molecule has 1 aliphatic heterocycles. The van der Waals surface area contributed by atoms with Crippen molar-refractivity contribution >= 4 is 0 Å². The van der Waals surface area contributed by atoms with Gasteiger partial charge in [-0.1, -0.05) is 30.3 Å². The molecular formula is C24H29NO. The van der Waals surface area contributed by atoms with Gasteiger partial charge in [0.1, 0.15) is 5.75 Å². The van der Waals surface area contributed by atoms with Crippen molar-refractivity contribution in [2.24, 2.45) is 5.92 Å². The number of benzene rings is 2. The monoisotopic (exact) mass is 347 g/mol. The second-order valence-electron chi connectivity index (χ2n) is 8.44. The molecule has 2 aromatic rings. The second kappa shape index (κ2) is 6.13. The van der Waals surface area contributed by atoms with Gasteiger partial charge in [-0.2, -0.15) is 0 Å². The highest BCUT2D eigenvalue weighted by molar-refractivity contribution is 5.51. The standard InChI is InChI=1S/C24H29NO/c1-16-14-18-12-13-25-24(19-10-11-19,22(18)15-23(16)26-2)21-9-5-7-17-6-3-4-8-20(17)21/h3-4,6,8,14-15,19,21,25H,5,7,9-13H2,1-2H3. The molecule has 5 rings (SSSR count). The van der Waals surface area contributed by atoms with Crippen molar-refractivity contribution in [3.05, 3.63) is 64.2 Å². The third-order valence-electron chi connectivity index (χ3n) is 7.02. The molecule has 0 saturated heterocycles. The van der Waals surface area contributed by atoms with Crippen LogP contribution in [0.15, 0.2) is 36.4 Å². The molecule has 1 heterocycles. The summed E-state index contributed by atoms with van der Waals surface area (Å²) in [5, 5.41) is 4.08. The average molecular weight is 348 g/mol. The summed E-state index contributed by atoms with van der Waals surface area (Å²) in [5.41, 5.74) is 7.57. The number of hydrogen-bond acceptors (Lipinski definition) is 2. The normalized spacial score (nSPS) is 27.5. The zero-order valence-corrected chi connectivity index (χ0v) is 16.0. The highest BCUT2D eigenvalue weighted by Gasteiger charge is 2.54. The van der Waals surface area contributed by atoms with Crippen LogP contribution in [0.5, 0.6) is 5.75 Å². The number of ether oxygens (including phenoxy) is 1. The molecule has 136 valence electrons. The lowest BCUT2D eigenvalue weighted by Gasteiger charge is -2.49. The van der Waals surface area contributed by atoms with Gasteiger partial charge in [-0.3, -0.25) is 0 Å². The Labute approximate surface area is 157 Å². The molecule has 2 heteroatoms. The quantitative estimate of drug-likeness (QED) is 0.855. The fourth-order valence-corrected chi connectivity index (χ4v) is 5.78. The van der Waals surface area contributed by atoms with Gasteiger partial charge in [-0.05, 0) is 85.3 Å². The van der Waals surface area contributed by atoms with Crippen molar-refractivity contribution < 1.29 is 4.74 Å². The average Bonchev–Trinajstić information content (AvgIpc) is 3.52. The van der Waals surface area contributed by atoms with Gasteiger partial charge >= 0.3 is 0 Å². The first-order valence-corrected chi connectivity index (χ1v) is 10.2. The van der Waals surface area contributed by atoms with Crippen LogP contribution < -0.4 is 10.1 Å². The summed E-state index contributed by atoms with van der Waals surface area (Å²) in [6, 6.07) is 13.9. The van der Waals surface area contributed by atoms with Crippen LogP contribution in [0.25, 0.3) is 0 Å². The first-order valence-electron chi connectivity index (χ1n) is 10.2. The van der Waals surface area contributed by atoms with E-state index in [1.165, 1.54) is 48.8 Å². The molecule has 1 N–H and O–H groups in total. The van der Waals surface area contributed by atoms with Crippen LogP contribution in [0.2, 0.25) is 0 Å². The summed E-state index contributed by atoms with van der Waals surface area (Å²) >= 11 is 0. The Morgan fingerprint density at radius 1 is 1.04 bits per heavy atom. The maximum Gasteiger partial charge on any atom is 0.122 e. The van der Waals surface area contributed by atoms with E-state index in [9.17, 15) is 0 Å². The van der Waals surface area contributed by atoms with E-state index in [4.69, 9.17) is 4.74 Å². The van der Waals surface area contributed by atoms with Gasteiger partial charge in [-0.25, -0.2) is 0 Å². The third-order valence-corrected chi connectivity index (χ3v) is 7.02. The van der Waals surface area contributed by atoms with Gasteiger partial charge in [0.05, 0.1) is 12.6 Å². The lowest BCUT2D eigenvalue weighted by molar-refractivity contribution is 0.199. The van der Waals surface area contributed by atoms with E-state index in [0.717, 1.165) is 24.6 Å². The fourth-order valence-electron chi connectivity index (χ4n) is 5.78. The SMILES string of the molecule is COc1cc2c(cc1C)CCNC2(C1CC1)C1CCCc2ccccc21. The molecule has 2 atom stereocenters. The first-order chi connectivity index (χ1) is 12.7. The summed E-state index contributed by atoms with van der Waals surface area (Å²) in [7, 11) is 1.81. The van der Waals surface area contributed by atoms with E-state index in [0.29, 0.717) is 5.92 Å². The molecule has 0 radical (unpaired) electrons. The summed E-state index contributed by atoms with van der Waals surface area (Å²) < 4.78 is 5.73. The van der Waals surface area contributed by atoms with E-state index >= 15 is 0 Å². The van der Waals surface area contributed by atoms with E-state index in [2.05, 4.69) is 48.6 Å². The van der Waals surface area contributed by atoms with Crippen LogP contribution in [0.4, 0.5) is 0 Å². The van der Waals surface area contributed by atoms with Crippen LogP contribution in [-0.4, -0.2) is 13.7 Å². The Hall–Kier alpha value is -1.80. The Morgan fingerprint density at radius 3 is 2.69 bits per heavy atom. The minimum Gasteiger partial charge on any atom is -0.496 e. The van der Waals surface area contributed by atoms with Crippen molar-refractivity contribution in [1.82, 2.24) is 5.32 Å². The van der Waals surface area contributed by atoms with Gasteiger partial charge in [0.25, 0.3) is 0 Å². The molecule has 2 unspecified atom stereocenters. The molecule has 1 fully saturated rings. The molecule has 2 nitrogen and oxygen atoms in total. The fraction of sp³-hybridized carbons (Fsp3) is 0.500. The van der Waals surface area contributed by atoms with Crippen LogP contribution in [-0.2, 0) is 18.4 Å². The van der Waals surface area contributed by atoms with Crippen molar-refractivity contribution in [2.45, 2.75) is 56.9 Å². The minimum atomic E-state index is 0.0884. The smallest absolute Gasteiger partial charge is 0.122 e. The maximum absolute atomic E-state index is 5.73. The maximum atomic E-state index is 5.73. The summed E-state index contributed by atoms with van der Waals surface area (Å²) in [5.74, 6) is 2.37. The largest absolute Gasteiger partial charge is 0.496 e. The number of hydrogen-bond donors (Lipinski definition) is 1. The highest BCUT2D eigenvalue weighted by Crippen LogP contribution is 2.58. The summed E-state index contributed by atoms with van der Waals surface area (Å²) in [6.45, 7) is 3.27. The number of aryl methyl sites for hydroxylation is 2. The minimum absolute atomic E-state index is 0.0884. The lowest BCUT2D eigenvalue weighted by Crippen LogP contribution is -2.53. The van der Waals surface area contributed by atoms with Crippen molar-refractivity contribution in [3.8, 4) is 5.75 Å². The van der Waals surface area contributed by atoms with Crippen molar-refractivity contribution in [3.63, 3.8) is 0 Å². The van der Waals surface area contributed by atoms with Gasteiger partial charge < -0.3 is 10.1 Å². The van der Waals surface area contributed by atoms with Crippen LogP contribution in [0.3, 0.4) is 0 Å². The molecule has 0 spiro atoms. The molecule has 2 aromatic carbocycles. The first kappa shape index (κ1) is 16.4. The molecule has 3 aliphatic rings. The molecule has 2 aliphatic carbocycles. The van der Waals surface area contributed by atoms with Crippen molar-refractivity contribution in [2.75, 3.05) is 13.7 Å². The van der Waals surface area contributed by atoms with E-state index in [1.54, 1.807) is 18.2 Å². The molecular weight excluding hydrogens is 318 g/mol. The molecule has 0 aromatic heterocycles. The van der Waals surface area contributed by atoms with E-state index in [-0.39, 0.29) is 5.54 Å². The zero-order valence-electron chi connectivity index (χ0n) is 16.0. The van der Waals surface area contributed by atoms with Crippen molar-refractivity contribution in [1.29, 1.82) is 0 Å². The number of methoxy groups -OCH3 is 1. The Bertz CT molecular complexity index is 838. The van der Waals surface area contributed by atoms with E-state index in [1.807, 2.05) is 0 Å². The number of nitrogens with one attached hydrogen (secondary N) is 1. The topological polar surface area (TPSA) is 21.3 Å². The predicted molar refractivity (Wildman–Crippen MR) is 106 cm³/mol. The summed E-state index contributed by atoms with van der Waals surface area (Å²) in [4.78, 5) is 0. The lowest BCUT2D eigenvalue weighted by atomic mass is 9.63. The molecule has 0 bridgehead atoms. The molecule has 26 heavy (non-hydrogen) atoms. The Kier molecular flexibility index (Phi) is 3.86. The van der Waals surface area contributed by atoms with Crippen LogP contribution in [0.1, 0.15) is 59.4 Å². The number of fused-ring (bicyclic) bond motifs is 2. The van der Waals surface area contributed by atoms with Gasteiger partial charge in [-0.15, -0.1) is 0 Å². The van der Waals surface area contributed by atoms with E-state index < -0.39 is 0 Å². The second-order valence-corrected chi connectivity index (χ2v) is 8.44. The molecule has 0 amide bonds. The molecule has 1 saturated carbocycles. The number of rotatable bonds is 3. The predicted octanol–water partition coefficient (Wildman–Crippen LogP) is 4.87. The van der Waals surface area contributed by atoms with Gasteiger partial charge in [0, 0.05) is 12.5 Å². The highest BCUT2D eigenvalue weighted by atomic mass is 16.5. The van der Waals surface area contributed by atoms with Gasteiger partial charge in [0.15, 0.2) is 0 Å². The summed E-state index contributed by atoms with van der Waals surface area (Å²) in [6.07, 6.45) is 7.65. The van der Waals surface area contributed by atoms with Gasteiger partial charge in [0.2, 0.25) is 0 Å². The third kappa shape index (κ3) is 2.35. The Balaban J connectivity index is 1.72. The Morgan fingerprint density at radius 2 is 1.88 bits per heavy atom.